The molecule has 0 bridgehead atoms. The lowest BCUT2D eigenvalue weighted by Crippen LogP contribution is -2.30. The fraction of sp³-hybridized carbons (Fsp3) is 0.286. The molecule has 2 heterocycles. The quantitative estimate of drug-likeness (QED) is 0.645. The lowest BCUT2D eigenvalue weighted by Gasteiger charge is -2.20. The molecular formula is C21H21N3O4S. The van der Waals surface area contributed by atoms with Gasteiger partial charge in [0, 0.05) is 10.4 Å². The first kappa shape index (κ1) is 19.2. The first-order chi connectivity index (χ1) is 14.1. The summed E-state index contributed by atoms with van der Waals surface area (Å²) < 4.78 is 10.4. The first-order valence-electron chi connectivity index (χ1n) is 9.39. The van der Waals surface area contributed by atoms with Crippen LogP contribution in [0.25, 0.3) is 0 Å². The van der Waals surface area contributed by atoms with Crippen LogP contribution in [-0.2, 0) is 17.8 Å². The summed E-state index contributed by atoms with van der Waals surface area (Å²) in [6.07, 6.45) is 4.11. The monoisotopic (exact) mass is 411 g/mol. The van der Waals surface area contributed by atoms with Gasteiger partial charge in [-0.3, -0.25) is 14.9 Å². The van der Waals surface area contributed by atoms with E-state index in [0.717, 1.165) is 29.8 Å². The van der Waals surface area contributed by atoms with E-state index in [9.17, 15) is 9.59 Å². The number of amides is 2. The molecule has 1 atom stereocenters. The average molecular weight is 411 g/mol. The molecule has 0 saturated carbocycles. The van der Waals surface area contributed by atoms with Crippen molar-refractivity contribution in [3.8, 4) is 5.75 Å². The van der Waals surface area contributed by atoms with E-state index >= 15 is 0 Å². The lowest BCUT2D eigenvalue weighted by molar-refractivity contribution is -0.123. The maximum atomic E-state index is 12.7. The van der Waals surface area contributed by atoms with Crippen LogP contribution in [0.5, 0.6) is 5.75 Å². The van der Waals surface area contributed by atoms with E-state index in [1.807, 2.05) is 6.07 Å². The third-order valence-corrected chi connectivity index (χ3v) is 5.91. The van der Waals surface area contributed by atoms with Gasteiger partial charge in [-0.1, -0.05) is 0 Å². The van der Waals surface area contributed by atoms with Crippen molar-refractivity contribution in [3.05, 3.63) is 64.6 Å². The first-order valence-corrected chi connectivity index (χ1v) is 10.2. The second-order valence-corrected chi connectivity index (χ2v) is 7.84. The molecule has 1 aliphatic rings. The standard InChI is InChI=1S/C21H21N3O4S/c1-27-14-9-7-13(8-10-14)19(25)24-21-23-18-16(5-2-6-17(18)29-21)20(26)22-12-15-4-3-11-28-15/h3-4,7-11,16H,2,5-6,12H2,1H3,(H,22,26)(H,23,24,25). The van der Waals surface area contributed by atoms with Crippen LogP contribution >= 0.6 is 11.3 Å². The van der Waals surface area contributed by atoms with Crippen molar-refractivity contribution < 1.29 is 18.7 Å². The molecule has 2 amide bonds. The van der Waals surface area contributed by atoms with Crippen molar-refractivity contribution in [1.82, 2.24) is 10.3 Å². The summed E-state index contributed by atoms with van der Waals surface area (Å²) in [6, 6.07) is 10.5. The smallest absolute Gasteiger partial charge is 0.257 e. The number of carbonyl (C=O) groups is 2. The van der Waals surface area contributed by atoms with Crippen molar-refractivity contribution in [2.45, 2.75) is 31.7 Å². The minimum absolute atomic E-state index is 0.0688. The highest BCUT2D eigenvalue weighted by molar-refractivity contribution is 7.15. The van der Waals surface area contributed by atoms with E-state index in [4.69, 9.17) is 9.15 Å². The molecule has 4 rings (SSSR count). The number of fused-ring (bicyclic) bond motifs is 1. The number of ether oxygens (including phenoxy) is 1. The van der Waals surface area contributed by atoms with Crippen LogP contribution in [0.1, 0.15) is 45.4 Å². The molecule has 1 unspecified atom stereocenters. The summed E-state index contributed by atoms with van der Waals surface area (Å²) in [5, 5.41) is 6.28. The number of nitrogens with one attached hydrogen (secondary N) is 2. The molecule has 1 aromatic carbocycles. The van der Waals surface area contributed by atoms with Gasteiger partial charge in [-0.25, -0.2) is 4.98 Å². The zero-order chi connectivity index (χ0) is 20.2. The van der Waals surface area contributed by atoms with Crippen molar-refractivity contribution in [2.24, 2.45) is 0 Å². The molecule has 7 nitrogen and oxygen atoms in total. The van der Waals surface area contributed by atoms with Crippen LogP contribution in [0.2, 0.25) is 0 Å². The molecule has 29 heavy (non-hydrogen) atoms. The third-order valence-electron chi connectivity index (χ3n) is 4.86. The number of hydrogen-bond acceptors (Lipinski definition) is 6. The van der Waals surface area contributed by atoms with Gasteiger partial charge in [-0.2, -0.15) is 0 Å². The highest BCUT2D eigenvalue weighted by Crippen LogP contribution is 2.37. The topological polar surface area (TPSA) is 93.5 Å². The van der Waals surface area contributed by atoms with Crippen LogP contribution in [0.4, 0.5) is 5.13 Å². The molecule has 150 valence electrons. The van der Waals surface area contributed by atoms with Crippen LogP contribution in [0.3, 0.4) is 0 Å². The molecular weight excluding hydrogens is 390 g/mol. The normalized spacial score (nSPS) is 15.4. The van der Waals surface area contributed by atoms with E-state index in [-0.39, 0.29) is 17.7 Å². The van der Waals surface area contributed by atoms with Gasteiger partial charge in [0.05, 0.1) is 31.5 Å². The molecule has 3 aromatic rings. The molecule has 1 aliphatic carbocycles. The summed E-state index contributed by atoms with van der Waals surface area (Å²) in [6.45, 7) is 0.350. The molecule has 0 saturated heterocycles. The van der Waals surface area contributed by atoms with E-state index in [2.05, 4.69) is 15.6 Å². The van der Waals surface area contributed by atoms with Gasteiger partial charge in [-0.05, 0) is 55.7 Å². The Labute approximate surface area is 172 Å². The summed E-state index contributed by atoms with van der Waals surface area (Å²) in [7, 11) is 1.58. The molecule has 0 spiro atoms. The number of aromatic nitrogens is 1. The van der Waals surface area contributed by atoms with E-state index in [0.29, 0.717) is 28.7 Å². The summed E-state index contributed by atoms with van der Waals surface area (Å²) in [4.78, 5) is 30.8. The number of methoxy groups -OCH3 is 1. The molecule has 2 aromatic heterocycles. The zero-order valence-corrected chi connectivity index (χ0v) is 16.8. The largest absolute Gasteiger partial charge is 0.497 e. The summed E-state index contributed by atoms with van der Waals surface area (Å²) in [5.74, 6) is 0.782. The van der Waals surface area contributed by atoms with Gasteiger partial charge >= 0.3 is 0 Å². The minimum atomic E-state index is -0.309. The van der Waals surface area contributed by atoms with Crippen molar-refractivity contribution in [3.63, 3.8) is 0 Å². The number of aryl methyl sites for hydroxylation is 1. The van der Waals surface area contributed by atoms with Gasteiger partial charge in [-0.15, -0.1) is 11.3 Å². The number of nitrogens with zero attached hydrogens (tertiary/aromatic N) is 1. The number of furan rings is 1. The maximum Gasteiger partial charge on any atom is 0.257 e. The van der Waals surface area contributed by atoms with Crippen molar-refractivity contribution >= 4 is 28.3 Å². The Morgan fingerprint density at radius 1 is 1.28 bits per heavy atom. The second-order valence-electron chi connectivity index (χ2n) is 6.75. The molecule has 2 N–H and O–H groups in total. The zero-order valence-electron chi connectivity index (χ0n) is 15.9. The molecule has 0 radical (unpaired) electrons. The minimum Gasteiger partial charge on any atom is -0.497 e. The van der Waals surface area contributed by atoms with Gasteiger partial charge in [0.15, 0.2) is 5.13 Å². The third kappa shape index (κ3) is 4.32. The van der Waals surface area contributed by atoms with Gasteiger partial charge in [0.1, 0.15) is 11.5 Å². The van der Waals surface area contributed by atoms with Crippen LogP contribution in [0, 0.1) is 0 Å². The van der Waals surface area contributed by atoms with Gasteiger partial charge in [0.25, 0.3) is 5.91 Å². The summed E-state index contributed by atoms with van der Waals surface area (Å²) >= 11 is 1.44. The Kier molecular flexibility index (Phi) is 5.62. The summed E-state index contributed by atoms with van der Waals surface area (Å²) in [5.41, 5.74) is 1.29. The van der Waals surface area contributed by atoms with Gasteiger partial charge in [0.2, 0.25) is 5.91 Å². The molecule has 8 heteroatoms. The Balaban J connectivity index is 1.44. The predicted octanol–water partition coefficient (Wildman–Crippen LogP) is 3.73. The fourth-order valence-electron chi connectivity index (χ4n) is 3.35. The van der Waals surface area contributed by atoms with Crippen molar-refractivity contribution in [2.75, 3.05) is 12.4 Å². The SMILES string of the molecule is COc1ccc(C(=O)Nc2nc3c(s2)CCCC3C(=O)NCc2ccco2)cc1. The van der Waals surface area contributed by atoms with Crippen molar-refractivity contribution in [1.29, 1.82) is 0 Å². The Morgan fingerprint density at radius 2 is 2.10 bits per heavy atom. The van der Waals surface area contributed by atoms with Crippen LogP contribution in [0.15, 0.2) is 47.1 Å². The number of hydrogen-bond donors (Lipinski definition) is 2. The second kappa shape index (κ2) is 8.48. The Morgan fingerprint density at radius 3 is 2.83 bits per heavy atom. The van der Waals surface area contributed by atoms with E-state index in [1.165, 1.54) is 11.3 Å². The molecule has 0 fully saturated rings. The maximum absolute atomic E-state index is 12.7. The number of benzene rings is 1. The Hall–Kier alpha value is -3.13. The van der Waals surface area contributed by atoms with E-state index < -0.39 is 0 Å². The predicted molar refractivity (Wildman–Crippen MR) is 109 cm³/mol. The lowest BCUT2D eigenvalue weighted by atomic mass is 9.90. The highest BCUT2D eigenvalue weighted by atomic mass is 32.1. The van der Waals surface area contributed by atoms with Crippen LogP contribution < -0.4 is 15.4 Å². The highest BCUT2D eigenvalue weighted by Gasteiger charge is 2.30. The number of anilines is 1. The number of rotatable bonds is 6. The van der Waals surface area contributed by atoms with Gasteiger partial charge < -0.3 is 14.5 Å². The number of thiazole rings is 1. The average Bonchev–Trinajstić information content (AvgIpc) is 3.41. The number of carbonyl (C=O) groups excluding carboxylic acids is 2. The molecule has 0 aliphatic heterocycles. The fourth-order valence-corrected chi connectivity index (χ4v) is 4.41. The Bertz CT molecular complexity index is 996. The van der Waals surface area contributed by atoms with E-state index in [1.54, 1.807) is 43.7 Å². The van der Waals surface area contributed by atoms with Crippen LogP contribution in [-0.4, -0.2) is 23.9 Å².